The van der Waals surface area contributed by atoms with Gasteiger partial charge < -0.3 is 17.3 Å². The van der Waals surface area contributed by atoms with Crippen LogP contribution in [0.25, 0.3) is 10.2 Å². The molecule has 0 amide bonds. The molecule has 2 aromatic rings. The molecule has 2 nitrogen and oxygen atoms in total. The predicted octanol–water partition coefficient (Wildman–Crippen LogP) is 2.60. The van der Waals surface area contributed by atoms with Crippen LogP contribution in [0.1, 0.15) is 0 Å². The first-order chi connectivity index (χ1) is 6.86. The molecule has 0 spiro atoms. The first kappa shape index (κ1) is 11.8. The predicted molar refractivity (Wildman–Crippen MR) is 53.0 cm³/mol. The zero-order valence-electron chi connectivity index (χ0n) is 7.38. The smallest absolute Gasteiger partial charge is 0.418 e. The second-order valence-corrected chi connectivity index (χ2v) is 3.67. The maximum Gasteiger partial charge on any atom is 0.673 e. The third kappa shape index (κ3) is 4.64. The molecule has 82 valence electrons. The van der Waals surface area contributed by atoms with E-state index in [1.165, 1.54) is 4.70 Å². The lowest BCUT2D eigenvalue weighted by atomic mass is 10.3. The average molecular weight is 238 g/mol. The van der Waals surface area contributed by atoms with Crippen molar-refractivity contribution in [3.8, 4) is 0 Å². The van der Waals surface area contributed by atoms with Crippen LogP contribution in [0.4, 0.5) is 22.4 Å². The van der Waals surface area contributed by atoms with Crippen molar-refractivity contribution in [1.82, 2.24) is 0 Å². The van der Waals surface area contributed by atoms with Crippen molar-refractivity contribution in [1.29, 1.82) is 0 Å². The highest BCUT2D eigenvalue weighted by Crippen LogP contribution is 2.18. The Kier molecular flexibility index (Phi) is 3.51. The number of nitrogens with two attached hydrogens (primary N) is 1. The van der Waals surface area contributed by atoms with Gasteiger partial charge in [-0.25, -0.2) is 4.98 Å². The number of aromatic nitrogens is 1. The number of fused-ring (bicyclic) bond motifs is 1. The van der Waals surface area contributed by atoms with E-state index in [1.54, 1.807) is 11.3 Å². The second-order valence-electron chi connectivity index (χ2n) is 2.58. The number of para-hydroxylation sites is 1. The summed E-state index contributed by atoms with van der Waals surface area (Å²) in [6.07, 6.45) is 0. The number of rotatable bonds is 0. The topological polar surface area (TPSA) is 40.2 Å². The highest BCUT2D eigenvalue weighted by molar-refractivity contribution is 7.21. The van der Waals surface area contributed by atoms with E-state index in [-0.39, 0.29) is 0 Å². The quantitative estimate of drug-likeness (QED) is 0.556. The van der Waals surface area contributed by atoms with Gasteiger partial charge in [0.15, 0.2) is 0 Å². The summed E-state index contributed by atoms with van der Waals surface area (Å²) in [4.78, 5) is 3.05. The van der Waals surface area contributed by atoms with Crippen LogP contribution in [0, 0.1) is 0 Å². The van der Waals surface area contributed by atoms with Gasteiger partial charge in [0.05, 0.1) is 4.70 Å². The first-order valence-electron chi connectivity index (χ1n) is 3.90. The minimum atomic E-state index is -6.00. The van der Waals surface area contributed by atoms with Crippen molar-refractivity contribution in [2.45, 2.75) is 0 Å². The third-order valence-electron chi connectivity index (χ3n) is 1.36. The van der Waals surface area contributed by atoms with Crippen LogP contribution >= 0.6 is 11.3 Å². The largest absolute Gasteiger partial charge is 0.673 e. The molecule has 0 aliphatic rings. The Morgan fingerprint density at radius 2 is 1.67 bits per heavy atom. The van der Waals surface area contributed by atoms with Crippen molar-refractivity contribution in [3.63, 3.8) is 0 Å². The number of nitrogens with one attached hydrogen (secondary N) is 1. The molecule has 0 aliphatic heterocycles. The lowest BCUT2D eigenvalue weighted by molar-refractivity contribution is -0.320. The van der Waals surface area contributed by atoms with Crippen molar-refractivity contribution in [2.75, 3.05) is 5.73 Å². The van der Waals surface area contributed by atoms with E-state index < -0.39 is 7.25 Å². The summed E-state index contributed by atoms with van der Waals surface area (Å²) < 4.78 is 40.2. The molecule has 1 aromatic heterocycles. The normalized spacial score (nSPS) is 10.9. The zero-order valence-corrected chi connectivity index (χ0v) is 8.20. The molecule has 0 radical (unpaired) electrons. The highest BCUT2D eigenvalue weighted by Gasteiger charge is 2.20. The standard InChI is InChI=1S/C7H6N2S.BF4/c8-7-9-5-3-1-2-4-6(5)10-7;2-1(3,4)5/h1-4H,(H2,8,9);/q;-1/p+1. The number of aromatic amines is 1. The first-order valence-corrected chi connectivity index (χ1v) is 4.71. The van der Waals surface area contributed by atoms with Gasteiger partial charge in [-0.05, 0) is 23.5 Å². The Morgan fingerprint density at radius 1 is 1.13 bits per heavy atom. The van der Waals surface area contributed by atoms with E-state index in [9.17, 15) is 17.3 Å². The molecule has 0 bridgehead atoms. The van der Waals surface area contributed by atoms with Gasteiger partial charge in [-0.3, -0.25) is 5.73 Å². The summed E-state index contributed by atoms with van der Waals surface area (Å²) in [6, 6.07) is 8.06. The molecular weight excluding hydrogens is 231 g/mol. The molecule has 0 atom stereocenters. The molecule has 15 heavy (non-hydrogen) atoms. The van der Waals surface area contributed by atoms with E-state index in [4.69, 9.17) is 5.73 Å². The average Bonchev–Trinajstić information content (AvgIpc) is 2.40. The number of hydrogen-bond acceptors (Lipinski definition) is 2. The van der Waals surface area contributed by atoms with Crippen LogP contribution in [0.3, 0.4) is 0 Å². The van der Waals surface area contributed by atoms with Gasteiger partial charge in [0.1, 0.15) is 5.52 Å². The molecular formula is C7H7BF4N2S. The highest BCUT2D eigenvalue weighted by atomic mass is 32.1. The number of benzene rings is 1. The maximum absolute atomic E-state index is 9.75. The number of hydrogen-bond donors (Lipinski definition) is 1. The van der Waals surface area contributed by atoms with Crippen LogP contribution in [0.2, 0.25) is 0 Å². The summed E-state index contributed by atoms with van der Waals surface area (Å²) in [5.41, 5.74) is 6.67. The molecule has 0 saturated carbocycles. The lowest BCUT2D eigenvalue weighted by Gasteiger charge is -1.94. The summed E-state index contributed by atoms with van der Waals surface area (Å²) >= 11 is 1.57. The molecule has 3 N–H and O–H groups in total. The van der Waals surface area contributed by atoms with E-state index >= 15 is 0 Å². The number of nitrogen functional groups attached to an aromatic ring is 1. The Hall–Kier alpha value is -1.31. The van der Waals surface area contributed by atoms with Gasteiger partial charge in [-0.2, -0.15) is 0 Å². The number of anilines is 1. The Morgan fingerprint density at radius 3 is 2.20 bits per heavy atom. The fourth-order valence-electron chi connectivity index (χ4n) is 0.936. The van der Waals surface area contributed by atoms with Gasteiger partial charge >= 0.3 is 12.4 Å². The number of halogens is 4. The van der Waals surface area contributed by atoms with Gasteiger partial charge in [0, 0.05) is 0 Å². The Bertz CT molecular complexity index is 403. The molecule has 0 saturated heterocycles. The molecule has 2 rings (SSSR count). The van der Waals surface area contributed by atoms with Gasteiger partial charge in [0.25, 0.3) is 0 Å². The summed E-state index contributed by atoms with van der Waals surface area (Å²) in [7, 11) is -6.00. The van der Waals surface area contributed by atoms with Crippen LogP contribution in [-0.2, 0) is 0 Å². The van der Waals surface area contributed by atoms with Crippen LogP contribution in [-0.4, -0.2) is 7.25 Å². The van der Waals surface area contributed by atoms with Crippen LogP contribution in [0.15, 0.2) is 24.3 Å². The van der Waals surface area contributed by atoms with E-state index in [0.717, 1.165) is 10.6 Å². The summed E-state index contributed by atoms with van der Waals surface area (Å²) in [5, 5.41) is 0.765. The summed E-state index contributed by atoms with van der Waals surface area (Å²) in [6.45, 7) is 0. The third-order valence-corrected chi connectivity index (χ3v) is 2.26. The SMILES string of the molecule is F[B-](F)(F)F.Nc1[nH+]c2ccccc2s1. The Labute approximate surface area is 86.8 Å². The molecule has 8 heteroatoms. The van der Waals surface area contributed by atoms with Crippen molar-refractivity contribution >= 4 is 33.9 Å². The van der Waals surface area contributed by atoms with E-state index in [2.05, 4.69) is 4.98 Å². The lowest BCUT2D eigenvalue weighted by Crippen LogP contribution is -2.03. The van der Waals surface area contributed by atoms with Gasteiger partial charge in [0.2, 0.25) is 0 Å². The number of thiazole rings is 1. The van der Waals surface area contributed by atoms with Gasteiger partial charge in [-0.15, -0.1) is 0 Å². The molecule has 0 aliphatic carbocycles. The fraction of sp³-hybridized carbons (Fsp3) is 0. The van der Waals surface area contributed by atoms with Crippen molar-refractivity contribution < 1.29 is 22.2 Å². The van der Waals surface area contributed by atoms with Crippen molar-refractivity contribution in [2.24, 2.45) is 0 Å². The Balaban J connectivity index is 0.000000195. The molecule has 0 fully saturated rings. The molecule has 1 heterocycles. The van der Waals surface area contributed by atoms with Crippen molar-refractivity contribution in [3.05, 3.63) is 24.3 Å². The summed E-state index contributed by atoms with van der Waals surface area (Å²) in [5.74, 6) is 0. The van der Waals surface area contributed by atoms with E-state index in [1.807, 2.05) is 24.3 Å². The maximum atomic E-state index is 9.75. The monoisotopic (exact) mass is 238 g/mol. The molecule has 1 aromatic carbocycles. The minimum Gasteiger partial charge on any atom is -0.418 e. The second kappa shape index (κ2) is 4.48. The number of H-pyrrole nitrogens is 1. The van der Waals surface area contributed by atoms with E-state index in [0.29, 0.717) is 0 Å². The fourth-order valence-corrected chi connectivity index (χ4v) is 1.71. The minimum absolute atomic E-state index is 0.765. The van der Waals surface area contributed by atoms with Crippen LogP contribution < -0.4 is 10.7 Å². The van der Waals surface area contributed by atoms with Crippen LogP contribution in [0.5, 0.6) is 0 Å². The zero-order chi connectivity index (χ0) is 11.5. The van der Waals surface area contributed by atoms with Gasteiger partial charge in [-0.1, -0.05) is 12.1 Å². The molecule has 0 unspecified atom stereocenters.